The minimum absolute atomic E-state index is 0.205. The first-order valence-corrected chi connectivity index (χ1v) is 10.8. The van der Waals surface area contributed by atoms with Gasteiger partial charge >= 0.3 is 5.76 Å². The van der Waals surface area contributed by atoms with Gasteiger partial charge in [0.2, 0.25) is 5.91 Å². The number of benzene rings is 2. The van der Waals surface area contributed by atoms with Crippen LogP contribution in [0.1, 0.15) is 24.5 Å². The normalized spacial score (nSPS) is 13.0. The van der Waals surface area contributed by atoms with Crippen molar-refractivity contribution in [2.45, 2.75) is 25.3 Å². The quantitative estimate of drug-likeness (QED) is 0.429. The molecule has 1 aliphatic rings. The molecular formula is C24H23N5O5. The summed E-state index contributed by atoms with van der Waals surface area (Å²) in [7, 11) is 3.04. The molecular weight excluding hydrogens is 438 g/mol. The molecule has 34 heavy (non-hydrogen) atoms. The van der Waals surface area contributed by atoms with Gasteiger partial charge in [0.1, 0.15) is 12.4 Å². The van der Waals surface area contributed by atoms with Crippen LogP contribution in [0.2, 0.25) is 0 Å². The second-order valence-corrected chi connectivity index (χ2v) is 7.95. The molecule has 5 rings (SSSR count). The Labute approximate surface area is 194 Å². The zero-order valence-electron chi connectivity index (χ0n) is 18.7. The van der Waals surface area contributed by atoms with Crippen LogP contribution in [0, 0.1) is 0 Å². The standard InChI is InChI=1S/C24H23N5O5/c1-32-19-11-10-16(12-20(19)33-2)23-27-34-24(31)28(23)14-22(30)25-21-13-18(15-8-9-15)26-29(21)17-6-4-3-5-7-17/h3-7,10-13,15H,8-9,14H2,1-2H3,(H,25,30). The number of ether oxygens (including phenoxy) is 2. The number of hydrogen-bond acceptors (Lipinski definition) is 7. The molecule has 1 N–H and O–H groups in total. The number of carbonyl (C=O) groups is 1. The molecule has 10 heteroatoms. The zero-order valence-corrected chi connectivity index (χ0v) is 18.7. The summed E-state index contributed by atoms with van der Waals surface area (Å²) < 4.78 is 18.3. The van der Waals surface area contributed by atoms with Crippen LogP contribution in [-0.2, 0) is 11.3 Å². The summed E-state index contributed by atoms with van der Waals surface area (Å²) >= 11 is 0. The van der Waals surface area contributed by atoms with Gasteiger partial charge in [-0.05, 0) is 43.2 Å². The third kappa shape index (κ3) is 4.17. The molecule has 1 aliphatic carbocycles. The smallest absolute Gasteiger partial charge is 0.442 e. The van der Waals surface area contributed by atoms with Gasteiger partial charge in [-0.25, -0.2) is 14.0 Å². The first kappa shape index (κ1) is 21.5. The van der Waals surface area contributed by atoms with E-state index < -0.39 is 11.7 Å². The maximum absolute atomic E-state index is 13.0. The molecule has 1 saturated carbocycles. The summed E-state index contributed by atoms with van der Waals surface area (Å²) in [6.07, 6.45) is 2.17. The second-order valence-electron chi connectivity index (χ2n) is 7.95. The Morgan fingerprint density at radius 3 is 2.56 bits per heavy atom. The fourth-order valence-electron chi connectivity index (χ4n) is 3.75. The lowest BCUT2D eigenvalue weighted by Gasteiger charge is -2.11. The summed E-state index contributed by atoms with van der Waals surface area (Å²) in [5.41, 5.74) is 2.31. The fraction of sp³-hybridized carbons (Fsp3) is 0.250. The Morgan fingerprint density at radius 1 is 1.09 bits per heavy atom. The maximum Gasteiger partial charge on any atom is 0.442 e. The predicted octanol–water partition coefficient (Wildman–Crippen LogP) is 3.22. The highest BCUT2D eigenvalue weighted by molar-refractivity contribution is 5.90. The van der Waals surface area contributed by atoms with Gasteiger partial charge in [0.05, 0.1) is 25.6 Å². The van der Waals surface area contributed by atoms with E-state index in [0.717, 1.165) is 24.2 Å². The van der Waals surface area contributed by atoms with Gasteiger partial charge in [-0.1, -0.05) is 23.4 Å². The van der Waals surface area contributed by atoms with Crippen molar-refractivity contribution in [2.24, 2.45) is 0 Å². The molecule has 0 unspecified atom stereocenters. The highest BCUT2D eigenvalue weighted by Gasteiger charge is 2.28. The number of amides is 1. The largest absolute Gasteiger partial charge is 0.493 e. The van der Waals surface area contributed by atoms with Crippen molar-refractivity contribution in [3.05, 3.63) is 70.8 Å². The van der Waals surface area contributed by atoms with Gasteiger partial charge in [0.15, 0.2) is 17.3 Å². The predicted molar refractivity (Wildman–Crippen MR) is 123 cm³/mol. The van der Waals surface area contributed by atoms with Crippen molar-refractivity contribution in [1.82, 2.24) is 19.5 Å². The van der Waals surface area contributed by atoms with Crippen molar-refractivity contribution in [2.75, 3.05) is 19.5 Å². The van der Waals surface area contributed by atoms with Crippen LogP contribution in [0.3, 0.4) is 0 Å². The zero-order chi connectivity index (χ0) is 23.7. The van der Waals surface area contributed by atoms with Gasteiger partial charge in [0, 0.05) is 17.5 Å². The molecule has 10 nitrogen and oxygen atoms in total. The Morgan fingerprint density at radius 2 is 1.85 bits per heavy atom. The van der Waals surface area contributed by atoms with E-state index in [1.807, 2.05) is 36.4 Å². The van der Waals surface area contributed by atoms with Crippen LogP contribution >= 0.6 is 0 Å². The van der Waals surface area contributed by atoms with Crippen LogP contribution in [0.5, 0.6) is 11.5 Å². The molecule has 2 aromatic carbocycles. The van der Waals surface area contributed by atoms with E-state index in [-0.39, 0.29) is 12.4 Å². The Balaban J connectivity index is 1.42. The van der Waals surface area contributed by atoms with E-state index in [2.05, 4.69) is 15.6 Å². The van der Waals surface area contributed by atoms with Crippen LogP contribution < -0.4 is 20.5 Å². The molecule has 0 radical (unpaired) electrons. The van der Waals surface area contributed by atoms with Crippen molar-refractivity contribution < 1.29 is 18.8 Å². The van der Waals surface area contributed by atoms with Gasteiger partial charge in [-0.15, -0.1) is 0 Å². The second kappa shape index (κ2) is 8.89. The van der Waals surface area contributed by atoms with Crippen LogP contribution in [0.15, 0.2) is 63.9 Å². The summed E-state index contributed by atoms with van der Waals surface area (Å²) in [6.45, 7) is -0.287. The Hall–Kier alpha value is -4.34. The van der Waals surface area contributed by atoms with Crippen LogP contribution in [-0.4, -0.2) is 39.6 Å². The lowest BCUT2D eigenvalue weighted by atomic mass is 10.2. The van der Waals surface area contributed by atoms with E-state index in [1.165, 1.54) is 18.8 Å². The highest BCUT2D eigenvalue weighted by Crippen LogP contribution is 2.40. The van der Waals surface area contributed by atoms with Gasteiger partial charge in [-0.3, -0.25) is 9.32 Å². The van der Waals surface area contributed by atoms with Crippen molar-refractivity contribution in [1.29, 1.82) is 0 Å². The minimum Gasteiger partial charge on any atom is -0.493 e. The molecule has 0 saturated heterocycles. The summed E-state index contributed by atoms with van der Waals surface area (Å²) in [5.74, 6) is 0.999. The summed E-state index contributed by atoms with van der Waals surface area (Å²) in [4.78, 5) is 25.3. The van der Waals surface area contributed by atoms with Crippen molar-refractivity contribution in [3.8, 4) is 28.6 Å². The number of methoxy groups -OCH3 is 2. The number of nitrogens with one attached hydrogen (secondary N) is 1. The molecule has 2 aromatic heterocycles. The molecule has 0 atom stereocenters. The van der Waals surface area contributed by atoms with E-state index in [0.29, 0.717) is 28.8 Å². The number of aromatic nitrogens is 4. The lowest BCUT2D eigenvalue weighted by molar-refractivity contribution is -0.116. The fourth-order valence-corrected chi connectivity index (χ4v) is 3.75. The summed E-state index contributed by atoms with van der Waals surface area (Å²) in [5, 5.41) is 11.4. The minimum atomic E-state index is -0.741. The van der Waals surface area contributed by atoms with Crippen LogP contribution in [0.25, 0.3) is 17.1 Å². The first-order chi connectivity index (χ1) is 16.6. The van der Waals surface area contributed by atoms with E-state index in [4.69, 9.17) is 14.0 Å². The average molecular weight is 461 g/mol. The van der Waals surface area contributed by atoms with Crippen LogP contribution in [0.4, 0.5) is 5.82 Å². The Kier molecular flexibility index (Phi) is 5.62. The lowest BCUT2D eigenvalue weighted by Crippen LogP contribution is -2.26. The number of rotatable bonds is 8. The molecule has 0 aliphatic heterocycles. The topological polar surface area (TPSA) is 113 Å². The van der Waals surface area contributed by atoms with E-state index >= 15 is 0 Å². The maximum atomic E-state index is 13.0. The van der Waals surface area contributed by atoms with E-state index in [1.54, 1.807) is 22.9 Å². The van der Waals surface area contributed by atoms with Crippen molar-refractivity contribution in [3.63, 3.8) is 0 Å². The third-order valence-electron chi connectivity index (χ3n) is 5.62. The van der Waals surface area contributed by atoms with Gasteiger partial charge < -0.3 is 14.8 Å². The van der Waals surface area contributed by atoms with Crippen molar-refractivity contribution >= 4 is 11.7 Å². The van der Waals surface area contributed by atoms with Gasteiger partial charge in [-0.2, -0.15) is 5.10 Å². The third-order valence-corrected chi connectivity index (χ3v) is 5.62. The molecule has 1 amide bonds. The molecule has 174 valence electrons. The highest BCUT2D eigenvalue weighted by atomic mass is 16.5. The molecule has 0 bridgehead atoms. The number of nitrogens with zero attached hydrogens (tertiary/aromatic N) is 4. The summed E-state index contributed by atoms with van der Waals surface area (Å²) in [6, 6.07) is 16.5. The molecule has 4 aromatic rings. The SMILES string of the molecule is COc1ccc(-c2noc(=O)n2CC(=O)Nc2cc(C3CC3)nn2-c2ccccc2)cc1OC. The molecule has 1 fully saturated rings. The molecule has 0 spiro atoms. The monoisotopic (exact) mass is 461 g/mol. The molecule has 2 heterocycles. The number of carbonyl (C=O) groups excluding carboxylic acids is 1. The van der Waals surface area contributed by atoms with E-state index in [9.17, 15) is 9.59 Å². The van der Waals surface area contributed by atoms with Gasteiger partial charge in [0.25, 0.3) is 0 Å². The number of hydrogen-bond donors (Lipinski definition) is 1. The number of para-hydroxylation sites is 1. The average Bonchev–Trinajstić information content (AvgIpc) is 3.54. The Bertz CT molecular complexity index is 1380. The first-order valence-electron chi connectivity index (χ1n) is 10.8. The number of anilines is 1.